The number of likely N-dealkylation sites (N-methyl/N-ethyl adjacent to an activating group) is 1. The zero-order valence-corrected chi connectivity index (χ0v) is 18.8. The highest BCUT2D eigenvalue weighted by molar-refractivity contribution is 7.92. The number of carbonyl (C=O) groups excluding carboxylic acids is 1. The van der Waals surface area contributed by atoms with E-state index >= 15 is 0 Å². The van der Waals surface area contributed by atoms with Crippen molar-refractivity contribution in [2.75, 3.05) is 17.6 Å². The van der Waals surface area contributed by atoms with Gasteiger partial charge in [0.05, 0.1) is 18.5 Å². The summed E-state index contributed by atoms with van der Waals surface area (Å²) in [5, 5.41) is 3.97. The minimum atomic E-state index is -3.69. The molecule has 0 saturated heterocycles. The van der Waals surface area contributed by atoms with E-state index in [-0.39, 0.29) is 18.3 Å². The number of amides is 1. The van der Waals surface area contributed by atoms with E-state index in [4.69, 9.17) is 4.52 Å². The molecule has 0 spiro atoms. The lowest BCUT2D eigenvalue weighted by Gasteiger charge is -2.32. The van der Waals surface area contributed by atoms with Crippen molar-refractivity contribution < 1.29 is 17.7 Å². The molecule has 0 N–H and O–H groups in total. The fourth-order valence-corrected chi connectivity index (χ4v) is 4.57. The van der Waals surface area contributed by atoms with Crippen LogP contribution in [0.4, 0.5) is 5.69 Å². The number of benzene rings is 2. The molecule has 164 valence electrons. The van der Waals surface area contributed by atoms with Gasteiger partial charge in [-0.2, -0.15) is 4.98 Å². The normalized spacial score (nSPS) is 12.4. The Kier molecular flexibility index (Phi) is 6.74. The van der Waals surface area contributed by atoms with Gasteiger partial charge in [0.1, 0.15) is 6.04 Å². The highest BCUT2D eigenvalue weighted by atomic mass is 32.2. The molecule has 0 aliphatic heterocycles. The molecule has 1 heterocycles. The summed E-state index contributed by atoms with van der Waals surface area (Å²) in [5.41, 5.74) is 2.17. The maximum atomic E-state index is 13.2. The van der Waals surface area contributed by atoms with E-state index in [9.17, 15) is 13.2 Å². The van der Waals surface area contributed by atoms with Gasteiger partial charge in [-0.1, -0.05) is 54.5 Å². The molecule has 2 aromatic carbocycles. The van der Waals surface area contributed by atoms with Crippen molar-refractivity contribution in [2.24, 2.45) is 0 Å². The van der Waals surface area contributed by atoms with E-state index in [0.717, 1.165) is 17.4 Å². The van der Waals surface area contributed by atoms with Crippen LogP contribution in [0.2, 0.25) is 0 Å². The van der Waals surface area contributed by atoms with Crippen LogP contribution in [0, 0.1) is 6.92 Å². The Morgan fingerprint density at radius 3 is 2.45 bits per heavy atom. The number of aromatic nitrogens is 2. The van der Waals surface area contributed by atoms with Crippen molar-refractivity contribution in [3.8, 4) is 11.4 Å². The number of nitrogens with zero attached hydrogens (tertiary/aromatic N) is 4. The first kappa shape index (κ1) is 22.5. The molecule has 0 bridgehead atoms. The van der Waals surface area contributed by atoms with E-state index in [0.29, 0.717) is 17.9 Å². The fourth-order valence-electron chi connectivity index (χ4n) is 3.37. The number of sulfonamides is 1. The topological polar surface area (TPSA) is 96.6 Å². The molecule has 0 saturated carbocycles. The summed E-state index contributed by atoms with van der Waals surface area (Å²) in [6.07, 6.45) is 1.42. The van der Waals surface area contributed by atoms with Crippen LogP contribution in [0.3, 0.4) is 0 Å². The predicted octanol–water partition coefficient (Wildman–Crippen LogP) is 3.25. The number of rotatable bonds is 8. The molecule has 1 amide bonds. The maximum Gasteiger partial charge on any atom is 0.246 e. The van der Waals surface area contributed by atoms with Gasteiger partial charge in [0.25, 0.3) is 0 Å². The fraction of sp³-hybridized carbons (Fsp3) is 0.318. The smallest absolute Gasteiger partial charge is 0.246 e. The molecule has 0 radical (unpaired) electrons. The highest BCUT2D eigenvalue weighted by Crippen LogP contribution is 2.25. The van der Waals surface area contributed by atoms with Crippen LogP contribution in [-0.2, 0) is 21.4 Å². The van der Waals surface area contributed by atoms with Crippen LogP contribution in [0.15, 0.2) is 59.1 Å². The summed E-state index contributed by atoms with van der Waals surface area (Å²) in [5.74, 6) is 0.348. The minimum Gasteiger partial charge on any atom is -0.337 e. The Hall–Kier alpha value is -3.20. The van der Waals surface area contributed by atoms with E-state index in [1.807, 2.05) is 43.3 Å². The molecule has 3 aromatic rings. The number of hydrogen-bond acceptors (Lipinski definition) is 6. The number of anilines is 1. The monoisotopic (exact) mass is 442 g/mol. The van der Waals surface area contributed by atoms with Gasteiger partial charge in [0.15, 0.2) is 0 Å². The molecular weight excluding hydrogens is 416 g/mol. The maximum absolute atomic E-state index is 13.2. The first-order chi connectivity index (χ1) is 14.7. The summed E-state index contributed by atoms with van der Waals surface area (Å²) in [6.45, 7) is 3.73. The number of aryl methyl sites for hydroxylation is 1. The molecule has 0 fully saturated rings. The van der Waals surface area contributed by atoms with Gasteiger partial charge in [0.2, 0.25) is 27.6 Å². The Labute approximate surface area is 182 Å². The van der Waals surface area contributed by atoms with Crippen molar-refractivity contribution in [1.29, 1.82) is 0 Å². The van der Waals surface area contributed by atoms with Crippen molar-refractivity contribution in [3.63, 3.8) is 0 Å². The molecule has 9 heteroatoms. The van der Waals surface area contributed by atoms with Crippen molar-refractivity contribution in [2.45, 2.75) is 32.9 Å². The van der Waals surface area contributed by atoms with Crippen LogP contribution < -0.4 is 4.31 Å². The van der Waals surface area contributed by atoms with Gasteiger partial charge in [-0.3, -0.25) is 9.10 Å². The average molecular weight is 443 g/mol. The molecule has 1 atom stereocenters. The number of hydrogen-bond donors (Lipinski definition) is 0. The Morgan fingerprint density at radius 2 is 1.84 bits per heavy atom. The highest BCUT2D eigenvalue weighted by Gasteiger charge is 2.33. The molecule has 0 aliphatic carbocycles. The van der Waals surface area contributed by atoms with Crippen LogP contribution in [0.1, 0.15) is 24.8 Å². The lowest BCUT2D eigenvalue weighted by atomic mass is 10.1. The van der Waals surface area contributed by atoms with Crippen LogP contribution in [0.25, 0.3) is 11.4 Å². The van der Waals surface area contributed by atoms with Crippen molar-refractivity contribution in [3.05, 3.63) is 66.1 Å². The quantitative estimate of drug-likeness (QED) is 0.531. The van der Waals surface area contributed by atoms with Crippen molar-refractivity contribution in [1.82, 2.24) is 15.0 Å². The Bertz CT molecular complexity index is 1150. The minimum absolute atomic E-state index is 0.0700. The van der Waals surface area contributed by atoms with Gasteiger partial charge in [-0.15, -0.1) is 0 Å². The number of carbonyl (C=O) groups is 1. The summed E-state index contributed by atoms with van der Waals surface area (Å²) in [7, 11) is -2.10. The van der Waals surface area contributed by atoms with Crippen LogP contribution >= 0.6 is 0 Å². The lowest BCUT2D eigenvalue weighted by Crippen LogP contribution is -2.49. The molecule has 3 rings (SSSR count). The SMILES string of the molecule is CC[C@@H](C(=O)N(C)Cc1nc(-c2ccccc2)no1)N(c1cccc(C)c1)S(C)(=O)=O. The summed E-state index contributed by atoms with van der Waals surface area (Å²) < 4.78 is 31.7. The van der Waals surface area contributed by atoms with Gasteiger partial charge >= 0.3 is 0 Å². The summed E-state index contributed by atoms with van der Waals surface area (Å²) in [6, 6.07) is 15.6. The zero-order valence-electron chi connectivity index (χ0n) is 18.0. The Morgan fingerprint density at radius 1 is 1.13 bits per heavy atom. The van der Waals surface area contributed by atoms with Crippen molar-refractivity contribution >= 4 is 21.6 Å². The molecule has 1 aromatic heterocycles. The molecular formula is C22H26N4O4S. The van der Waals surface area contributed by atoms with E-state index in [1.54, 1.807) is 32.2 Å². The average Bonchev–Trinajstić information content (AvgIpc) is 3.19. The molecule has 31 heavy (non-hydrogen) atoms. The second-order valence-corrected chi connectivity index (χ2v) is 9.25. The summed E-state index contributed by atoms with van der Waals surface area (Å²) in [4.78, 5) is 19.0. The molecule has 0 aliphatic rings. The largest absolute Gasteiger partial charge is 0.337 e. The standard InChI is InChI=1S/C22H26N4O4S/c1-5-19(26(31(4,28)29)18-13-9-10-16(2)14-18)22(27)25(3)15-20-23-21(24-30-20)17-11-7-6-8-12-17/h6-14,19H,5,15H2,1-4H3/t19-/m0/s1. The van der Waals surface area contributed by atoms with Crippen LogP contribution in [-0.4, -0.2) is 48.7 Å². The first-order valence-electron chi connectivity index (χ1n) is 9.89. The third-order valence-electron chi connectivity index (χ3n) is 4.82. The second-order valence-electron chi connectivity index (χ2n) is 7.39. The Balaban J connectivity index is 1.82. The lowest BCUT2D eigenvalue weighted by molar-refractivity contribution is -0.132. The van der Waals surface area contributed by atoms with Gasteiger partial charge in [-0.25, -0.2) is 8.42 Å². The summed E-state index contributed by atoms with van der Waals surface area (Å²) >= 11 is 0. The van der Waals surface area contributed by atoms with Gasteiger partial charge in [0, 0.05) is 12.6 Å². The third-order valence-corrected chi connectivity index (χ3v) is 6.00. The predicted molar refractivity (Wildman–Crippen MR) is 119 cm³/mol. The zero-order chi connectivity index (χ0) is 22.6. The van der Waals surface area contributed by atoms with Crippen LogP contribution in [0.5, 0.6) is 0 Å². The van der Waals surface area contributed by atoms with Gasteiger partial charge in [-0.05, 0) is 31.0 Å². The second kappa shape index (κ2) is 9.30. The van der Waals surface area contributed by atoms with E-state index in [2.05, 4.69) is 10.1 Å². The molecule has 0 unspecified atom stereocenters. The van der Waals surface area contributed by atoms with E-state index in [1.165, 1.54) is 9.21 Å². The third kappa shape index (κ3) is 5.29. The first-order valence-corrected chi connectivity index (χ1v) is 11.7. The van der Waals surface area contributed by atoms with Gasteiger partial charge < -0.3 is 9.42 Å². The molecule has 8 nitrogen and oxygen atoms in total. The van der Waals surface area contributed by atoms with E-state index < -0.39 is 16.1 Å².